The van der Waals surface area contributed by atoms with Gasteiger partial charge in [0.15, 0.2) is 5.65 Å². The van der Waals surface area contributed by atoms with Gasteiger partial charge in [0.1, 0.15) is 5.82 Å². The van der Waals surface area contributed by atoms with E-state index in [4.69, 9.17) is 0 Å². The molecule has 0 aliphatic carbocycles. The van der Waals surface area contributed by atoms with Gasteiger partial charge in [-0.15, -0.1) is 0 Å². The van der Waals surface area contributed by atoms with Gasteiger partial charge in [0.2, 0.25) is 0 Å². The van der Waals surface area contributed by atoms with E-state index < -0.39 is 0 Å². The van der Waals surface area contributed by atoms with E-state index in [1.54, 1.807) is 0 Å². The van der Waals surface area contributed by atoms with Gasteiger partial charge in [0.05, 0.1) is 11.9 Å². The van der Waals surface area contributed by atoms with Crippen LogP contribution in [0.4, 0.5) is 5.69 Å². The van der Waals surface area contributed by atoms with Gasteiger partial charge >= 0.3 is 0 Å². The Kier molecular flexibility index (Phi) is 7.15. The third-order valence-electron chi connectivity index (χ3n) is 3.38. The number of nitrogens with zero attached hydrogens (tertiary/aromatic N) is 4. The lowest BCUT2D eigenvalue weighted by Gasteiger charge is -2.18. The number of nitrogens with one attached hydrogen (secondary N) is 1. The first-order valence-electron chi connectivity index (χ1n) is 8.01. The third kappa shape index (κ3) is 4.17. The van der Waals surface area contributed by atoms with Crippen LogP contribution in [0.5, 0.6) is 0 Å². The normalized spacial score (nSPS) is 17.0. The Morgan fingerprint density at radius 2 is 1.90 bits per heavy atom. The molecule has 1 saturated heterocycles. The standard InChI is InChI=1S/C12H17N5.2C2H6/c1-9-14-12-4-3-11(8-17(12)15-9)16-6-5-10(7-16)13-2;2*1-2/h3-4,8,10,13H,5-7H2,1-2H3;2*1-2H3. The number of hydrogen-bond acceptors (Lipinski definition) is 4. The predicted molar refractivity (Wildman–Crippen MR) is 90.1 cm³/mol. The fourth-order valence-electron chi connectivity index (χ4n) is 2.40. The van der Waals surface area contributed by atoms with Crippen molar-refractivity contribution < 1.29 is 0 Å². The number of likely N-dealkylation sites (N-methyl/N-ethyl adjacent to an activating group) is 1. The maximum absolute atomic E-state index is 4.35. The van der Waals surface area contributed by atoms with Crippen LogP contribution < -0.4 is 10.2 Å². The SMILES string of the molecule is CC.CC.CNC1CCN(c2ccc3nc(C)nn3c2)C1. The first-order valence-corrected chi connectivity index (χ1v) is 8.01. The minimum absolute atomic E-state index is 0.600. The van der Waals surface area contributed by atoms with E-state index in [9.17, 15) is 0 Å². The monoisotopic (exact) mass is 291 g/mol. The molecule has 0 saturated carbocycles. The van der Waals surface area contributed by atoms with Crippen LogP contribution in [0.25, 0.3) is 5.65 Å². The van der Waals surface area contributed by atoms with Gasteiger partial charge in [-0.2, -0.15) is 5.10 Å². The molecule has 3 heterocycles. The predicted octanol–water partition coefficient (Wildman–Crippen LogP) is 2.89. The summed E-state index contributed by atoms with van der Waals surface area (Å²) in [5, 5.41) is 7.68. The third-order valence-corrected chi connectivity index (χ3v) is 3.38. The van der Waals surface area contributed by atoms with Gasteiger partial charge in [-0.1, -0.05) is 27.7 Å². The number of anilines is 1. The Labute approximate surface area is 128 Å². The average Bonchev–Trinajstić information content (AvgIpc) is 3.15. The first kappa shape index (κ1) is 17.4. The van der Waals surface area contributed by atoms with Gasteiger partial charge in [0.25, 0.3) is 0 Å². The van der Waals surface area contributed by atoms with Gasteiger partial charge in [-0.25, -0.2) is 9.50 Å². The zero-order valence-corrected chi connectivity index (χ0v) is 14.2. The Hall–Kier alpha value is -1.62. The summed E-state index contributed by atoms with van der Waals surface area (Å²) in [5.74, 6) is 0.816. The molecule has 0 radical (unpaired) electrons. The Morgan fingerprint density at radius 3 is 2.52 bits per heavy atom. The van der Waals surface area contributed by atoms with Crippen LogP contribution >= 0.6 is 0 Å². The highest BCUT2D eigenvalue weighted by Crippen LogP contribution is 2.20. The maximum atomic E-state index is 4.35. The highest BCUT2D eigenvalue weighted by atomic mass is 15.3. The fraction of sp³-hybridized carbons (Fsp3) is 0.625. The van der Waals surface area contributed by atoms with Crippen LogP contribution in [0.3, 0.4) is 0 Å². The van der Waals surface area contributed by atoms with Crippen LogP contribution in [0.15, 0.2) is 18.3 Å². The van der Waals surface area contributed by atoms with Gasteiger partial charge in [0, 0.05) is 19.1 Å². The van der Waals surface area contributed by atoms with Crippen molar-refractivity contribution in [3.05, 3.63) is 24.2 Å². The Balaban J connectivity index is 0.000000510. The molecule has 5 nitrogen and oxygen atoms in total. The van der Waals surface area contributed by atoms with Gasteiger partial charge < -0.3 is 10.2 Å². The van der Waals surface area contributed by atoms with E-state index in [-0.39, 0.29) is 0 Å². The second-order valence-electron chi connectivity index (χ2n) is 4.57. The minimum Gasteiger partial charge on any atom is -0.369 e. The zero-order valence-electron chi connectivity index (χ0n) is 14.2. The molecule has 2 aromatic rings. The van der Waals surface area contributed by atoms with E-state index in [2.05, 4.69) is 32.6 Å². The minimum atomic E-state index is 0.600. The smallest absolute Gasteiger partial charge is 0.155 e. The molecule has 0 spiro atoms. The lowest BCUT2D eigenvalue weighted by atomic mass is 10.3. The number of hydrogen-bond donors (Lipinski definition) is 1. The van der Waals surface area contributed by atoms with Crippen LogP contribution in [-0.2, 0) is 0 Å². The van der Waals surface area contributed by atoms with Crippen molar-refractivity contribution in [1.29, 1.82) is 0 Å². The topological polar surface area (TPSA) is 45.5 Å². The van der Waals surface area contributed by atoms with Crippen molar-refractivity contribution in [3.63, 3.8) is 0 Å². The molecule has 5 heteroatoms. The lowest BCUT2D eigenvalue weighted by molar-refractivity contribution is 0.617. The Morgan fingerprint density at radius 1 is 1.19 bits per heavy atom. The molecule has 1 unspecified atom stereocenters. The first-order chi connectivity index (χ1) is 10.3. The molecular weight excluding hydrogens is 262 g/mol. The van der Waals surface area contributed by atoms with Crippen molar-refractivity contribution in [3.8, 4) is 0 Å². The van der Waals surface area contributed by atoms with Crippen molar-refractivity contribution >= 4 is 11.3 Å². The van der Waals surface area contributed by atoms with Gasteiger partial charge in [-0.3, -0.25) is 0 Å². The molecule has 1 atom stereocenters. The number of aromatic nitrogens is 3. The second kappa shape index (κ2) is 8.62. The highest BCUT2D eigenvalue weighted by Gasteiger charge is 2.21. The molecule has 2 aromatic heterocycles. The summed E-state index contributed by atoms with van der Waals surface area (Å²) in [6.07, 6.45) is 3.26. The maximum Gasteiger partial charge on any atom is 0.155 e. The number of fused-ring (bicyclic) bond motifs is 1. The summed E-state index contributed by atoms with van der Waals surface area (Å²) >= 11 is 0. The zero-order chi connectivity index (χ0) is 15.8. The molecule has 0 bridgehead atoms. The quantitative estimate of drug-likeness (QED) is 0.924. The largest absolute Gasteiger partial charge is 0.369 e. The van der Waals surface area contributed by atoms with Crippen LogP contribution in [0.1, 0.15) is 39.9 Å². The molecule has 118 valence electrons. The summed E-state index contributed by atoms with van der Waals surface area (Å²) in [6.45, 7) is 12.1. The van der Waals surface area contributed by atoms with Crippen LogP contribution in [0, 0.1) is 6.92 Å². The Bertz CT molecular complexity index is 534. The van der Waals surface area contributed by atoms with Gasteiger partial charge in [-0.05, 0) is 32.5 Å². The summed E-state index contributed by atoms with van der Waals surface area (Å²) in [6, 6.07) is 4.76. The second-order valence-corrected chi connectivity index (χ2v) is 4.57. The summed E-state index contributed by atoms with van der Waals surface area (Å²) in [7, 11) is 2.03. The lowest BCUT2D eigenvalue weighted by Crippen LogP contribution is -2.29. The number of pyridine rings is 1. The molecule has 1 aliphatic heterocycles. The van der Waals surface area contributed by atoms with Crippen molar-refractivity contribution in [2.45, 2.75) is 47.1 Å². The van der Waals surface area contributed by atoms with E-state index in [1.165, 1.54) is 12.1 Å². The molecule has 0 amide bonds. The van der Waals surface area contributed by atoms with E-state index in [1.807, 2.05) is 52.2 Å². The summed E-state index contributed by atoms with van der Waals surface area (Å²) in [4.78, 5) is 6.72. The molecule has 1 fully saturated rings. The van der Waals surface area contributed by atoms with E-state index in [0.29, 0.717) is 6.04 Å². The van der Waals surface area contributed by atoms with Crippen molar-refractivity contribution in [2.24, 2.45) is 0 Å². The summed E-state index contributed by atoms with van der Waals surface area (Å²) < 4.78 is 1.86. The number of aryl methyl sites for hydroxylation is 1. The van der Waals surface area contributed by atoms with Crippen molar-refractivity contribution in [2.75, 3.05) is 25.0 Å². The van der Waals surface area contributed by atoms with E-state index in [0.717, 1.165) is 24.6 Å². The summed E-state index contributed by atoms with van der Waals surface area (Å²) in [5.41, 5.74) is 2.13. The number of rotatable bonds is 2. The van der Waals surface area contributed by atoms with E-state index >= 15 is 0 Å². The van der Waals surface area contributed by atoms with Crippen LogP contribution in [0.2, 0.25) is 0 Å². The average molecular weight is 291 g/mol. The van der Waals surface area contributed by atoms with Crippen molar-refractivity contribution in [1.82, 2.24) is 19.9 Å². The highest BCUT2D eigenvalue weighted by molar-refractivity contribution is 5.52. The molecule has 21 heavy (non-hydrogen) atoms. The van der Waals surface area contributed by atoms with Crippen LogP contribution in [-0.4, -0.2) is 40.8 Å². The molecule has 1 aliphatic rings. The fourth-order valence-corrected chi connectivity index (χ4v) is 2.40. The molecule has 3 rings (SSSR count). The molecule has 0 aromatic carbocycles. The molecule has 1 N–H and O–H groups in total. The molecular formula is C16H29N5.